The Morgan fingerprint density at radius 3 is 2.50 bits per heavy atom. The predicted octanol–water partition coefficient (Wildman–Crippen LogP) is 4.46. The lowest BCUT2D eigenvalue weighted by atomic mass is 10.2. The summed E-state index contributed by atoms with van der Waals surface area (Å²) in [6, 6.07) is 16.5. The molecule has 0 amide bonds. The Morgan fingerprint density at radius 2 is 1.79 bits per heavy atom. The van der Waals surface area contributed by atoms with E-state index in [9.17, 15) is 4.79 Å². The summed E-state index contributed by atoms with van der Waals surface area (Å²) >= 11 is 0. The van der Waals surface area contributed by atoms with Crippen molar-refractivity contribution in [2.24, 2.45) is 0 Å². The number of nitrogens with one attached hydrogen (secondary N) is 2. The molecule has 0 saturated heterocycles. The van der Waals surface area contributed by atoms with Gasteiger partial charge in [-0.1, -0.05) is 12.1 Å². The summed E-state index contributed by atoms with van der Waals surface area (Å²) in [7, 11) is 1.63. The summed E-state index contributed by atoms with van der Waals surface area (Å²) in [6.07, 6.45) is 0. The molecular formula is C21H22N4O3. The maximum atomic E-state index is 12.2. The molecule has 0 bridgehead atoms. The van der Waals surface area contributed by atoms with E-state index in [0.29, 0.717) is 29.6 Å². The van der Waals surface area contributed by atoms with Gasteiger partial charge in [-0.2, -0.15) is 4.98 Å². The van der Waals surface area contributed by atoms with E-state index in [-0.39, 0.29) is 0 Å². The van der Waals surface area contributed by atoms with Crippen molar-refractivity contribution in [2.75, 3.05) is 24.4 Å². The molecule has 0 aliphatic heterocycles. The number of carbonyl (C=O) groups excluding carboxylic acids is 1. The van der Waals surface area contributed by atoms with Crippen molar-refractivity contribution in [3.8, 4) is 5.75 Å². The van der Waals surface area contributed by atoms with Gasteiger partial charge in [0, 0.05) is 17.4 Å². The van der Waals surface area contributed by atoms with Crippen LogP contribution < -0.4 is 15.4 Å². The summed E-state index contributed by atoms with van der Waals surface area (Å²) < 4.78 is 10.3. The molecule has 0 aliphatic carbocycles. The van der Waals surface area contributed by atoms with Crippen LogP contribution in [-0.2, 0) is 4.74 Å². The lowest BCUT2D eigenvalue weighted by molar-refractivity contribution is 0.0527. The van der Waals surface area contributed by atoms with Gasteiger partial charge in [0.25, 0.3) is 0 Å². The fourth-order valence-corrected chi connectivity index (χ4v) is 2.61. The second-order valence-electron chi connectivity index (χ2n) is 5.96. The highest BCUT2D eigenvalue weighted by Crippen LogP contribution is 2.23. The highest BCUT2D eigenvalue weighted by atomic mass is 16.5. The van der Waals surface area contributed by atoms with Gasteiger partial charge >= 0.3 is 5.97 Å². The molecule has 1 heterocycles. The maximum Gasteiger partial charge on any atom is 0.340 e. The van der Waals surface area contributed by atoms with Gasteiger partial charge in [-0.3, -0.25) is 0 Å². The molecule has 144 valence electrons. The van der Waals surface area contributed by atoms with Gasteiger partial charge in [-0.25, -0.2) is 9.78 Å². The molecule has 3 aromatic rings. The lowest BCUT2D eigenvalue weighted by Gasteiger charge is -2.12. The van der Waals surface area contributed by atoms with Crippen LogP contribution >= 0.6 is 0 Å². The van der Waals surface area contributed by atoms with Gasteiger partial charge in [0.15, 0.2) is 0 Å². The Hall–Kier alpha value is -3.61. The molecule has 28 heavy (non-hydrogen) atoms. The molecule has 0 spiro atoms. The van der Waals surface area contributed by atoms with Gasteiger partial charge in [-0.05, 0) is 50.2 Å². The molecule has 7 nitrogen and oxygen atoms in total. The van der Waals surface area contributed by atoms with Crippen LogP contribution in [0.25, 0.3) is 0 Å². The fraction of sp³-hybridized carbons (Fsp3) is 0.190. The van der Waals surface area contributed by atoms with Crippen LogP contribution in [0.2, 0.25) is 0 Å². The molecular weight excluding hydrogens is 356 g/mol. The first kappa shape index (κ1) is 19.2. The third-order valence-electron chi connectivity index (χ3n) is 3.89. The molecule has 0 atom stereocenters. The quantitative estimate of drug-likeness (QED) is 0.587. The Labute approximate surface area is 163 Å². The van der Waals surface area contributed by atoms with Crippen molar-refractivity contribution < 1.29 is 14.3 Å². The molecule has 3 rings (SSSR count). The number of hydrogen-bond acceptors (Lipinski definition) is 7. The third-order valence-corrected chi connectivity index (χ3v) is 3.89. The van der Waals surface area contributed by atoms with Crippen LogP contribution in [0.1, 0.15) is 23.0 Å². The number of aromatic nitrogens is 2. The van der Waals surface area contributed by atoms with E-state index >= 15 is 0 Å². The SMILES string of the molecule is CCOC(=O)c1ccccc1Nc1nc(C)cc(Nc2ccc(OC)cc2)n1. The largest absolute Gasteiger partial charge is 0.497 e. The van der Waals surface area contributed by atoms with Gasteiger partial charge in [0.2, 0.25) is 5.95 Å². The minimum Gasteiger partial charge on any atom is -0.497 e. The summed E-state index contributed by atoms with van der Waals surface area (Å²) in [4.78, 5) is 21.1. The number of hydrogen-bond donors (Lipinski definition) is 2. The first-order valence-corrected chi connectivity index (χ1v) is 8.89. The Bertz CT molecular complexity index is 958. The number of ether oxygens (including phenoxy) is 2. The Kier molecular flexibility index (Phi) is 6.06. The number of rotatable bonds is 7. The van der Waals surface area contributed by atoms with E-state index in [2.05, 4.69) is 20.6 Å². The standard InChI is InChI=1S/C21H22N4O3/c1-4-28-20(26)17-7-5-6-8-18(17)24-21-22-14(2)13-19(25-21)23-15-9-11-16(27-3)12-10-15/h5-13H,4H2,1-3H3,(H2,22,23,24,25). The second-order valence-corrected chi connectivity index (χ2v) is 5.96. The molecule has 0 saturated carbocycles. The Balaban J connectivity index is 1.83. The highest BCUT2D eigenvalue weighted by molar-refractivity contribution is 5.96. The van der Waals surface area contributed by atoms with E-state index in [0.717, 1.165) is 17.1 Å². The number of aryl methyl sites for hydroxylation is 1. The number of carbonyl (C=O) groups is 1. The van der Waals surface area contributed by atoms with E-state index in [4.69, 9.17) is 9.47 Å². The van der Waals surface area contributed by atoms with E-state index < -0.39 is 5.97 Å². The molecule has 1 aromatic heterocycles. The van der Waals surface area contributed by atoms with Crippen LogP contribution in [0.3, 0.4) is 0 Å². The number of esters is 1. The molecule has 0 fully saturated rings. The topological polar surface area (TPSA) is 85.4 Å². The fourth-order valence-electron chi connectivity index (χ4n) is 2.61. The number of anilines is 4. The normalized spacial score (nSPS) is 10.2. The van der Waals surface area contributed by atoms with E-state index in [1.165, 1.54) is 0 Å². The molecule has 2 aromatic carbocycles. The summed E-state index contributed by atoms with van der Waals surface area (Å²) in [5.74, 6) is 1.40. The minimum absolute atomic E-state index is 0.310. The van der Waals surface area contributed by atoms with Gasteiger partial charge in [0.1, 0.15) is 11.6 Å². The molecule has 2 N–H and O–H groups in total. The number of para-hydroxylation sites is 1. The van der Waals surface area contributed by atoms with Gasteiger partial charge in [0.05, 0.1) is 25.0 Å². The van der Waals surface area contributed by atoms with Crippen molar-refractivity contribution >= 4 is 29.1 Å². The predicted molar refractivity (Wildman–Crippen MR) is 109 cm³/mol. The summed E-state index contributed by atoms with van der Waals surface area (Å²) in [5.41, 5.74) is 2.67. The zero-order valence-corrected chi connectivity index (χ0v) is 16.0. The van der Waals surface area contributed by atoms with Crippen LogP contribution in [-0.4, -0.2) is 29.7 Å². The third kappa shape index (κ3) is 4.76. The van der Waals surface area contributed by atoms with Crippen molar-refractivity contribution in [3.05, 3.63) is 65.9 Å². The van der Waals surface area contributed by atoms with Crippen molar-refractivity contribution in [1.82, 2.24) is 9.97 Å². The van der Waals surface area contributed by atoms with Crippen LogP contribution in [0.15, 0.2) is 54.6 Å². The molecule has 7 heteroatoms. The minimum atomic E-state index is -0.394. The van der Waals surface area contributed by atoms with E-state index in [1.807, 2.05) is 43.3 Å². The monoisotopic (exact) mass is 378 g/mol. The number of nitrogens with zero attached hydrogens (tertiary/aromatic N) is 2. The van der Waals surface area contributed by atoms with E-state index in [1.54, 1.807) is 32.2 Å². The van der Waals surface area contributed by atoms with Crippen LogP contribution in [0, 0.1) is 6.92 Å². The number of benzene rings is 2. The smallest absolute Gasteiger partial charge is 0.340 e. The van der Waals surface area contributed by atoms with Gasteiger partial charge in [-0.15, -0.1) is 0 Å². The second kappa shape index (κ2) is 8.85. The van der Waals surface area contributed by atoms with Crippen molar-refractivity contribution in [3.63, 3.8) is 0 Å². The average molecular weight is 378 g/mol. The molecule has 0 radical (unpaired) electrons. The highest BCUT2D eigenvalue weighted by Gasteiger charge is 2.13. The summed E-state index contributed by atoms with van der Waals surface area (Å²) in [6.45, 7) is 3.96. The van der Waals surface area contributed by atoms with Gasteiger partial charge < -0.3 is 20.1 Å². The molecule has 0 unspecified atom stereocenters. The first-order chi connectivity index (χ1) is 13.6. The zero-order valence-electron chi connectivity index (χ0n) is 16.0. The Morgan fingerprint density at radius 1 is 1.04 bits per heavy atom. The van der Waals surface area contributed by atoms with Crippen molar-refractivity contribution in [2.45, 2.75) is 13.8 Å². The number of methoxy groups -OCH3 is 1. The van der Waals surface area contributed by atoms with Crippen LogP contribution in [0.5, 0.6) is 5.75 Å². The lowest BCUT2D eigenvalue weighted by Crippen LogP contribution is -2.09. The first-order valence-electron chi connectivity index (χ1n) is 8.89. The van der Waals surface area contributed by atoms with Crippen molar-refractivity contribution in [1.29, 1.82) is 0 Å². The average Bonchev–Trinajstić information content (AvgIpc) is 2.69. The maximum absolute atomic E-state index is 12.2. The zero-order chi connectivity index (χ0) is 19.9. The van der Waals surface area contributed by atoms with Crippen LogP contribution in [0.4, 0.5) is 23.1 Å². The summed E-state index contributed by atoms with van der Waals surface area (Å²) in [5, 5.41) is 6.36. The molecule has 0 aliphatic rings.